The second-order valence-electron chi connectivity index (χ2n) is 7.54. The Morgan fingerprint density at radius 1 is 0.868 bits per heavy atom. The van der Waals surface area contributed by atoms with Gasteiger partial charge in [-0.1, -0.05) is 19.9 Å². The molecule has 0 atom stereocenters. The van der Waals surface area contributed by atoms with Crippen LogP contribution in [0.3, 0.4) is 0 Å². The summed E-state index contributed by atoms with van der Waals surface area (Å²) in [4.78, 5) is 24.6. The van der Waals surface area contributed by atoms with Crippen molar-refractivity contribution < 1.29 is 44.6 Å². The van der Waals surface area contributed by atoms with E-state index in [0.717, 1.165) is 18.2 Å². The molecule has 0 aliphatic rings. The molecule has 0 saturated heterocycles. The number of ether oxygens (including phenoxy) is 1. The largest absolute Gasteiger partial charge is 0.507 e. The molecular formula is C27H25NO10. The van der Waals surface area contributed by atoms with Gasteiger partial charge in [-0.05, 0) is 42.0 Å². The average Bonchev–Trinajstić information content (AvgIpc) is 2.89. The Bertz CT molecular complexity index is 1570. The molecule has 198 valence electrons. The predicted octanol–water partition coefficient (Wildman–Crippen LogP) is 3.89. The quantitative estimate of drug-likeness (QED) is 0.111. The first-order valence-corrected chi connectivity index (χ1v) is 11.3. The molecule has 4 aromatic rings. The second-order valence-corrected chi connectivity index (χ2v) is 7.54. The first kappa shape index (κ1) is 27.3. The van der Waals surface area contributed by atoms with Gasteiger partial charge in [0.1, 0.15) is 22.5 Å². The number of aromatic hydroxyl groups is 6. The van der Waals surface area contributed by atoms with Crippen LogP contribution in [0.4, 0.5) is 0 Å². The molecule has 1 amide bonds. The summed E-state index contributed by atoms with van der Waals surface area (Å²) in [5.74, 6) is -3.69. The molecule has 0 saturated carbocycles. The predicted molar refractivity (Wildman–Crippen MR) is 138 cm³/mol. The minimum absolute atomic E-state index is 0.0288. The van der Waals surface area contributed by atoms with Crippen LogP contribution in [0.25, 0.3) is 28.4 Å². The molecule has 0 aliphatic carbocycles. The summed E-state index contributed by atoms with van der Waals surface area (Å²) in [5.41, 5.74) is -0.513. The number of hydrogen-bond donors (Lipinski definition) is 7. The van der Waals surface area contributed by atoms with Crippen molar-refractivity contribution in [2.75, 3.05) is 6.73 Å². The number of hydrogen-bond acceptors (Lipinski definition) is 10. The van der Waals surface area contributed by atoms with Gasteiger partial charge in [-0.15, -0.1) is 0 Å². The van der Waals surface area contributed by atoms with Gasteiger partial charge in [-0.2, -0.15) is 0 Å². The van der Waals surface area contributed by atoms with Crippen LogP contribution in [0.15, 0.2) is 63.8 Å². The number of fused-ring (bicyclic) bond motifs is 1. The van der Waals surface area contributed by atoms with Gasteiger partial charge in [0, 0.05) is 23.8 Å². The Hall–Kier alpha value is -5.32. The van der Waals surface area contributed by atoms with Crippen LogP contribution >= 0.6 is 0 Å². The van der Waals surface area contributed by atoms with E-state index in [9.17, 15) is 40.2 Å². The van der Waals surface area contributed by atoms with Gasteiger partial charge < -0.3 is 45.1 Å². The molecule has 11 heteroatoms. The number of carbonyl (C=O) groups excluding carboxylic acids is 1. The Labute approximate surface area is 215 Å². The fourth-order valence-corrected chi connectivity index (χ4v) is 3.27. The van der Waals surface area contributed by atoms with E-state index in [1.165, 1.54) is 42.5 Å². The zero-order valence-corrected chi connectivity index (χ0v) is 20.3. The van der Waals surface area contributed by atoms with Crippen LogP contribution in [0.5, 0.6) is 40.2 Å². The monoisotopic (exact) mass is 523 g/mol. The SMILES string of the molecule is CC.O=C(/C=C/c1ccc(O)c(O)c1)NCOc1cc(O)c2c(=O)c(O)c(-c3ccc(O)c(O)c3)oc2c1. The Kier molecular flexibility index (Phi) is 8.33. The van der Waals surface area contributed by atoms with E-state index in [2.05, 4.69) is 5.32 Å². The molecule has 0 radical (unpaired) electrons. The van der Waals surface area contributed by atoms with Gasteiger partial charge in [0.05, 0.1) is 0 Å². The lowest BCUT2D eigenvalue weighted by molar-refractivity contribution is -0.117. The summed E-state index contributed by atoms with van der Waals surface area (Å²) in [6, 6.07) is 9.94. The number of rotatable bonds is 6. The number of nitrogens with one attached hydrogen (secondary N) is 1. The third kappa shape index (κ3) is 5.90. The van der Waals surface area contributed by atoms with Crippen LogP contribution in [0.2, 0.25) is 0 Å². The molecule has 7 N–H and O–H groups in total. The fraction of sp³-hybridized carbons (Fsp3) is 0.111. The number of carbonyl (C=O) groups is 1. The molecule has 1 aromatic heterocycles. The number of amides is 1. The number of phenols is 5. The first-order chi connectivity index (χ1) is 18.1. The maximum atomic E-state index is 12.6. The lowest BCUT2D eigenvalue weighted by Gasteiger charge is -2.11. The highest BCUT2D eigenvalue weighted by molar-refractivity contribution is 5.92. The molecule has 3 aromatic carbocycles. The minimum atomic E-state index is -0.929. The third-order valence-electron chi connectivity index (χ3n) is 5.07. The zero-order valence-electron chi connectivity index (χ0n) is 20.3. The van der Waals surface area contributed by atoms with E-state index in [1.807, 2.05) is 13.8 Å². The highest BCUT2D eigenvalue weighted by atomic mass is 16.5. The maximum Gasteiger partial charge on any atom is 0.246 e. The van der Waals surface area contributed by atoms with Crippen molar-refractivity contribution in [3.05, 3.63) is 70.4 Å². The van der Waals surface area contributed by atoms with Gasteiger partial charge in [0.2, 0.25) is 17.1 Å². The lowest BCUT2D eigenvalue weighted by Crippen LogP contribution is -2.25. The smallest absolute Gasteiger partial charge is 0.246 e. The van der Waals surface area contributed by atoms with Crippen LogP contribution in [-0.2, 0) is 4.79 Å². The highest BCUT2D eigenvalue weighted by Crippen LogP contribution is 2.37. The van der Waals surface area contributed by atoms with Gasteiger partial charge in [-0.25, -0.2) is 0 Å². The van der Waals surface area contributed by atoms with E-state index in [-0.39, 0.29) is 46.3 Å². The van der Waals surface area contributed by atoms with Gasteiger partial charge >= 0.3 is 0 Å². The van der Waals surface area contributed by atoms with Crippen molar-refractivity contribution in [2.45, 2.75) is 13.8 Å². The summed E-state index contributed by atoms with van der Waals surface area (Å²) in [6.45, 7) is 3.68. The van der Waals surface area contributed by atoms with Crippen molar-refractivity contribution in [3.63, 3.8) is 0 Å². The topological polar surface area (TPSA) is 190 Å². The average molecular weight is 523 g/mol. The summed E-state index contributed by atoms with van der Waals surface area (Å²) in [5, 5.41) is 60.7. The van der Waals surface area contributed by atoms with Crippen LogP contribution < -0.4 is 15.5 Å². The standard InChI is InChI=1S/C25H19NO10.C2H6/c27-15-4-1-12(7-17(15)29)2-6-21(32)26-11-35-14-9-19(31)22-20(10-14)36-25(24(34)23(22)33)13-3-5-16(28)18(30)8-13;1-2/h1-10,27-31,34H,11H2,(H,26,32);1-2H3/b6-2+;. The van der Waals surface area contributed by atoms with Crippen LogP contribution in [0, 0.1) is 0 Å². The van der Waals surface area contributed by atoms with Crippen molar-refractivity contribution in [1.29, 1.82) is 0 Å². The molecule has 11 nitrogen and oxygen atoms in total. The summed E-state index contributed by atoms with van der Waals surface area (Å²) in [6.07, 6.45) is 2.58. The Morgan fingerprint density at radius 3 is 2.18 bits per heavy atom. The maximum absolute atomic E-state index is 12.6. The van der Waals surface area contributed by atoms with Crippen molar-refractivity contribution in [2.24, 2.45) is 0 Å². The fourth-order valence-electron chi connectivity index (χ4n) is 3.27. The zero-order chi connectivity index (χ0) is 28.0. The first-order valence-electron chi connectivity index (χ1n) is 11.3. The molecule has 38 heavy (non-hydrogen) atoms. The third-order valence-corrected chi connectivity index (χ3v) is 5.07. The minimum Gasteiger partial charge on any atom is -0.507 e. The highest BCUT2D eigenvalue weighted by Gasteiger charge is 2.20. The van der Waals surface area contributed by atoms with Crippen LogP contribution in [-0.4, -0.2) is 43.3 Å². The van der Waals surface area contributed by atoms with Gasteiger partial charge in [0.15, 0.2) is 35.5 Å². The van der Waals surface area contributed by atoms with E-state index in [4.69, 9.17) is 9.15 Å². The molecule has 0 unspecified atom stereocenters. The van der Waals surface area contributed by atoms with E-state index in [1.54, 1.807) is 0 Å². The summed E-state index contributed by atoms with van der Waals surface area (Å²) >= 11 is 0. The normalized spacial score (nSPS) is 10.7. The molecule has 0 bridgehead atoms. The molecule has 0 spiro atoms. The Balaban J connectivity index is 0.00000195. The van der Waals surface area contributed by atoms with Crippen molar-refractivity contribution >= 4 is 23.0 Å². The van der Waals surface area contributed by atoms with E-state index >= 15 is 0 Å². The summed E-state index contributed by atoms with van der Waals surface area (Å²) in [7, 11) is 0. The van der Waals surface area contributed by atoms with Crippen molar-refractivity contribution in [3.8, 4) is 51.6 Å². The lowest BCUT2D eigenvalue weighted by atomic mass is 10.1. The summed E-state index contributed by atoms with van der Waals surface area (Å²) < 4.78 is 11.0. The number of benzene rings is 3. The molecular weight excluding hydrogens is 498 g/mol. The second kappa shape index (κ2) is 11.6. The molecule has 4 rings (SSSR count). The van der Waals surface area contributed by atoms with Crippen LogP contribution in [0.1, 0.15) is 19.4 Å². The molecule has 0 fully saturated rings. The molecule has 1 heterocycles. The van der Waals surface area contributed by atoms with Gasteiger partial charge in [-0.3, -0.25) is 9.59 Å². The van der Waals surface area contributed by atoms with Crippen molar-refractivity contribution in [1.82, 2.24) is 5.32 Å². The van der Waals surface area contributed by atoms with E-state index in [0.29, 0.717) is 5.56 Å². The van der Waals surface area contributed by atoms with E-state index < -0.39 is 34.3 Å². The Morgan fingerprint density at radius 2 is 1.53 bits per heavy atom. The number of phenolic OH excluding ortho intramolecular Hbond substituents is 5. The molecule has 0 aliphatic heterocycles. The van der Waals surface area contributed by atoms with Gasteiger partial charge in [0.25, 0.3) is 0 Å².